The number of esters is 1. The highest BCUT2D eigenvalue weighted by molar-refractivity contribution is 5.93. The third kappa shape index (κ3) is 4.52. The molecule has 1 amide bonds. The van der Waals surface area contributed by atoms with E-state index in [-0.39, 0.29) is 46.5 Å². The van der Waals surface area contributed by atoms with Crippen LogP contribution in [-0.2, 0) is 20.8 Å². The van der Waals surface area contributed by atoms with Crippen LogP contribution < -0.4 is 11.0 Å². The van der Waals surface area contributed by atoms with E-state index in [0.717, 1.165) is 12.8 Å². The van der Waals surface area contributed by atoms with Crippen molar-refractivity contribution in [2.24, 2.45) is 10.9 Å². The van der Waals surface area contributed by atoms with E-state index in [2.05, 4.69) is 4.99 Å². The highest BCUT2D eigenvalue weighted by Crippen LogP contribution is 2.18. The minimum absolute atomic E-state index is 0.0708. The first-order chi connectivity index (χ1) is 16.5. The largest absolute Gasteiger partial charge is 0.462 e. The van der Waals surface area contributed by atoms with Crippen molar-refractivity contribution in [1.82, 2.24) is 14.0 Å². The molecule has 4 heterocycles. The molecule has 9 heteroatoms. The number of nitrogens with zero attached hydrogens (tertiary/aromatic N) is 4. The monoisotopic (exact) mass is 466 g/mol. The molecule has 0 bridgehead atoms. The van der Waals surface area contributed by atoms with E-state index in [9.17, 15) is 14.4 Å². The van der Waals surface area contributed by atoms with E-state index in [1.165, 1.54) is 10.5 Å². The number of amides is 1. The SMILES string of the molecule is CCOC(=O)c1cc2c(=O)n3ccccc3nc2n(CC2CCCO2)c1=NC(=O)C(CC)CC. The molecule has 0 aromatic carbocycles. The van der Waals surface area contributed by atoms with Crippen LogP contribution in [0.2, 0.25) is 0 Å². The Bertz CT molecular complexity index is 1350. The second kappa shape index (κ2) is 10.3. The minimum Gasteiger partial charge on any atom is -0.462 e. The Labute approximate surface area is 197 Å². The highest BCUT2D eigenvalue weighted by Gasteiger charge is 2.24. The number of rotatable bonds is 7. The van der Waals surface area contributed by atoms with E-state index in [1.54, 1.807) is 35.9 Å². The smallest absolute Gasteiger partial charge is 0.341 e. The molecule has 0 aliphatic carbocycles. The number of aromatic nitrogens is 3. The second-order valence-electron chi connectivity index (χ2n) is 8.39. The van der Waals surface area contributed by atoms with Crippen LogP contribution in [-0.4, -0.2) is 45.1 Å². The van der Waals surface area contributed by atoms with Crippen molar-refractivity contribution in [3.8, 4) is 0 Å². The molecule has 3 aromatic heterocycles. The fraction of sp³-hybridized carbons (Fsp3) is 0.480. The zero-order valence-corrected chi connectivity index (χ0v) is 19.8. The lowest BCUT2D eigenvalue weighted by molar-refractivity contribution is -0.122. The van der Waals surface area contributed by atoms with Gasteiger partial charge in [-0.2, -0.15) is 4.99 Å². The standard InChI is InChI=1S/C25H30N4O5/c1-4-16(5-2)23(30)27-22-19(25(32)33-6-3)14-18-21(29(22)15-17-10-9-13-34-17)26-20-11-7-8-12-28(20)24(18)31/h7-8,11-12,14,16-17H,4-6,9-10,13,15H2,1-3H3. The topological polar surface area (TPSA) is 104 Å². The molecular formula is C25H30N4O5. The van der Waals surface area contributed by atoms with E-state index in [4.69, 9.17) is 14.5 Å². The van der Waals surface area contributed by atoms with E-state index < -0.39 is 5.97 Å². The number of hydrogen-bond donors (Lipinski definition) is 0. The first kappa shape index (κ1) is 23.8. The molecule has 4 rings (SSSR count). The number of carbonyl (C=O) groups excluding carboxylic acids is 2. The summed E-state index contributed by atoms with van der Waals surface area (Å²) in [6.07, 6.45) is 4.50. The minimum atomic E-state index is -0.640. The number of ether oxygens (including phenoxy) is 2. The molecule has 1 unspecified atom stereocenters. The van der Waals surface area contributed by atoms with Crippen molar-refractivity contribution >= 4 is 28.6 Å². The molecule has 180 valence electrons. The summed E-state index contributed by atoms with van der Waals surface area (Å²) in [6, 6.07) is 6.73. The van der Waals surface area contributed by atoms with Gasteiger partial charge in [0, 0.05) is 18.7 Å². The number of fused-ring (bicyclic) bond motifs is 2. The lowest BCUT2D eigenvalue weighted by atomic mass is 10.0. The van der Waals surface area contributed by atoms with Crippen molar-refractivity contribution in [2.45, 2.75) is 59.1 Å². The predicted octanol–water partition coefficient (Wildman–Crippen LogP) is 2.87. The normalized spacial score (nSPS) is 16.6. The van der Waals surface area contributed by atoms with Gasteiger partial charge in [-0.1, -0.05) is 19.9 Å². The van der Waals surface area contributed by atoms with E-state index in [0.29, 0.717) is 37.3 Å². The maximum atomic E-state index is 13.4. The van der Waals surface area contributed by atoms with Crippen molar-refractivity contribution in [3.05, 3.63) is 51.9 Å². The van der Waals surface area contributed by atoms with Crippen LogP contribution >= 0.6 is 0 Å². The molecule has 34 heavy (non-hydrogen) atoms. The third-order valence-electron chi connectivity index (χ3n) is 6.25. The van der Waals surface area contributed by atoms with Gasteiger partial charge >= 0.3 is 5.97 Å². The van der Waals surface area contributed by atoms with Gasteiger partial charge in [-0.15, -0.1) is 0 Å². The highest BCUT2D eigenvalue weighted by atomic mass is 16.5. The molecule has 1 aliphatic rings. The summed E-state index contributed by atoms with van der Waals surface area (Å²) in [7, 11) is 0. The maximum Gasteiger partial charge on any atom is 0.341 e. The molecule has 0 N–H and O–H groups in total. The van der Waals surface area contributed by atoms with Crippen molar-refractivity contribution in [2.75, 3.05) is 13.2 Å². The maximum absolute atomic E-state index is 13.4. The van der Waals surface area contributed by atoms with Crippen molar-refractivity contribution in [1.29, 1.82) is 0 Å². The summed E-state index contributed by atoms with van der Waals surface area (Å²) in [5.74, 6) is -1.22. The van der Waals surface area contributed by atoms with Gasteiger partial charge < -0.3 is 14.0 Å². The quantitative estimate of drug-likeness (QED) is 0.392. The summed E-state index contributed by atoms with van der Waals surface area (Å²) in [5, 5.41) is 0.249. The van der Waals surface area contributed by atoms with Crippen LogP contribution in [0.4, 0.5) is 0 Å². The fourth-order valence-electron chi connectivity index (χ4n) is 4.36. The molecule has 3 aromatic rings. The van der Waals surface area contributed by atoms with Crippen LogP contribution in [0.1, 0.15) is 56.8 Å². The summed E-state index contributed by atoms with van der Waals surface area (Å²) in [4.78, 5) is 48.6. The zero-order chi connectivity index (χ0) is 24.2. The second-order valence-corrected chi connectivity index (χ2v) is 8.39. The van der Waals surface area contributed by atoms with Gasteiger partial charge in [-0.3, -0.25) is 14.0 Å². The van der Waals surface area contributed by atoms with Crippen LogP contribution in [0.15, 0.2) is 40.2 Å². The Balaban J connectivity index is 2.10. The summed E-state index contributed by atoms with van der Waals surface area (Å²) in [5.41, 5.74) is 0.732. The number of hydrogen-bond acceptors (Lipinski definition) is 6. The molecule has 1 fully saturated rings. The Morgan fingerprint density at radius 1 is 1.26 bits per heavy atom. The van der Waals surface area contributed by atoms with Gasteiger partial charge in [-0.25, -0.2) is 9.78 Å². The Hall–Kier alpha value is -3.33. The van der Waals surface area contributed by atoms with Crippen LogP contribution in [0.5, 0.6) is 0 Å². The average Bonchev–Trinajstić information content (AvgIpc) is 3.35. The van der Waals surface area contributed by atoms with Crippen LogP contribution in [0.25, 0.3) is 16.7 Å². The van der Waals surface area contributed by atoms with Crippen LogP contribution in [0.3, 0.4) is 0 Å². The lowest BCUT2D eigenvalue weighted by Crippen LogP contribution is -2.35. The molecule has 1 aliphatic heterocycles. The van der Waals surface area contributed by atoms with Crippen molar-refractivity contribution < 1.29 is 19.1 Å². The van der Waals surface area contributed by atoms with Gasteiger partial charge in [-0.05, 0) is 50.8 Å². The molecule has 0 radical (unpaired) electrons. The first-order valence-electron chi connectivity index (χ1n) is 11.9. The number of pyridine rings is 2. The van der Waals surface area contributed by atoms with Gasteiger partial charge in [0.05, 0.1) is 24.6 Å². The average molecular weight is 467 g/mol. The molecule has 0 saturated carbocycles. The molecule has 0 spiro atoms. The van der Waals surface area contributed by atoms with Gasteiger partial charge in [0.15, 0.2) is 5.49 Å². The van der Waals surface area contributed by atoms with Crippen molar-refractivity contribution in [3.63, 3.8) is 0 Å². The third-order valence-corrected chi connectivity index (χ3v) is 6.25. The Kier molecular flexibility index (Phi) is 7.21. The predicted molar refractivity (Wildman–Crippen MR) is 127 cm³/mol. The molecule has 1 atom stereocenters. The summed E-state index contributed by atoms with van der Waals surface area (Å²) >= 11 is 0. The molecule has 9 nitrogen and oxygen atoms in total. The Morgan fingerprint density at radius 3 is 2.74 bits per heavy atom. The molecule has 1 saturated heterocycles. The summed E-state index contributed by atoms with van der Waals surface area (Å²) < 4.78 is 14.2. The fourth-order valence-corrected chi connectivity index (χ4v) is 4.36. The van der Waals surface area contributed by atoms with E-state index >= 15 is 0 Å². The van der Waals surface area contributed by atoms with Gasteiger partial charge in [0.2, 0.25) is 0 Å². The van der Waals surface area contributed by atoms with Gasteiger partial charge in [0.25, 0.3) is 11.5 Å². The zero-order valence-electron chi connectivity index (χ0n) is 19.8. The number of carbonyl (C=O) groups is 2. The lowest BCUT2D eigenvalue weighted by Gasteiger charge is -2.18. The van der Waals surface area contributed by atoms with E-state index in [1.807, 2.05) is 13.8 Å². The first-order valence-corrected chi connectivity index (χ1v) is 11.9. The molecular weight excluding hydrogens is 436 g/mol. The van der Waals surface area contributed by atoms with Crippen LogP contribution in [0, 0.1) is 5.92 Å². The Morgan fingerprint density at radius 2 is 2.06 bits per heavy atom. The van der Waals surface area contributed by atoms with Gasteiger partial charge in [0.1, 0.15) is 16.9 Å². The summed E-state index contributed by atoms with van der Waals surface area (Å²) in [6.45, 7) is 6.67.